The van der Waals surface area contributed by atoms with Crippen LogP contribution in [0.25, 0.3) is 11.4 Å². The molecule has 0 saturated carbocycles. The molecule has 1 aromatic heterocycles. The molecule has 0 bridgehead atoms. The zero-order chi connectivity index (χ0) is 20.2. The lowest BCUT2D eigenvalue weighted by atomic mass is 9.98. The predicted molar refractivity (Wildman–Crippen MR) is 116 cm³/mol. The van der Waals surface area contributed by atoms with Crippen molar-refractivity contribution in [1.82, 2.24) is 14.9 Å². The number of carbonyl (C=O) groups is 1. The van der Waals surface area contributed by atoms with Gasteiger partial charge in [0.15, 0.2) is 5.82 Å². The van der Waals surface area contributed by atoms with Crippen molar-refractivity contribution in [2.75, 3.05) is 18.4 Å². The molecular weight excluding hydrogens is 360 g/mol. The average Bonchev–Trinajstić information content (AvgIpc) is 2.75. The molecule has 29 heavy (non-hydrogen) atoms. The van der Waals surface area contributed by atoms with Gasteiger partial charge in [-0.1, -0.05) is 42.8 Å². The minimum absolute atomic E-state index is 0.101. The van der Waals surface area contributed by atoms with E-state index in [0.29, 0.717) is 23.1 Å². The number of benzene rings is 2. The van der Waals surface area contributed by atoms with E-state index in [9.17, 15) is 4.79 Å². The van der Waals surface area contributed by atoms with Crippen molar-refractivity contribution in [2.45, 2.75) is 26.7 Å². The molecule has 0 atom stereocenters. The first kappa shape index (κ1) is 19.1. The molecule has 2 aromatic carbocycles. The second-order valence-electron chi connectivity index (χ2n) is 7.81. The highest BCUT2D eigenvalue weighted by Gasteiger charge is 2.21. The molecule has 1 aliphatic heterocycles. The molecular formula is C24H26N4O. The van der Waals surface area contributed by atoms with Gasteiger partial charge in [0.1, 0.15) is 5.82 Å². The maximum Gasteiger partial charge on any atom is 0.253 e. The number of piperidine rings is 1. The van der Waals surface area contributed by atoms with E-state index < -0.39 is 0 Å². The molecule has 1 amide bonds. The fraction of sp³-hybridized carbons (Fsp3) is 0.292. The third kappa shape index (κ3) is 4.62. The van der Waals surface area contributed by atoms with Gasteiger partial charge < -0.3 is 10.2 Å². The zero-order valence-electron chi connectivity index (χ0n) is 16.9. The van der Waals surface area contributed by atoms with Gasteiger partial charge in [0.25, 0.3) is 5.91 Å². The molecule has 5 nitrogen and oxygen atoms in total. The molecule has 3 aromatic rings. The zero-order valence-corrected chi connectivity index (χ0v) is 16.9. The SMILES string of the molecule is Cc1ccc(-c2nccc(Nc3cccc(C(=O)N4CCC(C)CC4)c3)n2)cc1. The summed E-state index contributed by atoms with van der Waals surface area (Å²) in [6.07, 6.45) is 3.90. The molecule has 1 N–H and O–H groups in total. The number of aryl methyl sites for hydroxylation is 1. The van der Waals surface area contributed by atoms with Gasteiger partial charge in [-0.15, -0.1) is 0 Å². The number of aromatic nitrogens is 2. The van der Waals surface area contributed by atoms with Crippen LogP contribution in [0.5, 0.6) is 0 Å². The van der Waals surface area contributed by atoms with Crippen LogP contribution in [0.3, 0.4) is 0 Å². The van der Waals surface area contributed by atoms with E-state index in [4.69, 9.17) is 0 Å². The van der Waals surface area contributed by atoms with E-state index >= 15 is 0 Å². The monoisotopic (exact) mass is 386 g/mol. The molecule has 0 radical (unpaired) electrons. The Hall–Kier alpha value is -3.21. The van der Waals surface area contributed by atoms with Crippen LogP contribution in [0.2, 0.25) is 0 Å². The molecule has 2 heterocycles. The summed E-state index contributed by atoms with van der Waals surface area (Å²) in [6, 6.07) is 17.6. The molecule has 1 fully saturated rings. The largest absolute Gasteiger partial charge is 0.340 e. The Labute approximate surface area is 171 Å². The summed E-state index contributed by atoms with van der Waals surface area (Å²) in [7, 11) is 0. The van der Waals surface area contributed by atoms with Crippen molar-refractivity contribution >= 4 is 17.4 Å². The smallest absolute Gasteiger partial charge is 0.253 e. The average molecular weight is 386 g/mol. The third-order valence-electron chi connectivity index (χ3n) is 5.42. The molecule has 148 valence electrons. The molecule has 1 aliphatic rings. The van der Waals surface area contributed by atoms with Crippen LogP contribution in [0.1, 0.15) is 35.7 Å². The Morgan fingerprint density at radius 3 is 2.59 bits per heavy atom. The summed E-state index contributed by atoms with van der Waals surface area (Å²) in [4.78, 5) is 23.8. The summed E-state index contributed by atoms with van der Waals surface area (Å²) in [5, 5.41) is 3.31. The number of hydrogen-bond donors (Lipinski definition) is 1. The minimum Gasteiger partial charge on any atom is -0.340 e. The van der Waals surface area contributed by atoms with Crippen LogP contribution >= 0.6 is 0 Å². The quantitative estimate of drug-likeness (QED) is 0.680. The van der Waals surface area contributed by atoms with Crippen molar-refractivity contribution < 1.29 is 4.79 Å². The molecule has 0 unspecified atom stereocenters. The van der Waals surface area contributed by atoms with Crippen LogP contribution in [-0.2, 0) is 0 Å². The summed E-state index contributed by atoms with van der Waals surface area (Å²) >= 11 is 0. The Bertz CT molecular complexity index is 992. The van der Waals surface area contributed by atoms with Gasteiger partial charge in [-0.3, -0.25) is 4.79 Å². The Kier molecular flexibility index (Phi) is 5.56. The van der Waals surface area contributed by atoms with Crippen molar-refractivity contribution in [3.63, 3.8) is 0 Å². The predicted octanol–water partition coefficient (Wildman–Crippen LogP) is 5.07. The van der Waals surface area contributed by atoms with Gasteiger partial charge in [0.2, 0.25) is 0 Å². The van der Waals surface area contributed by atoms with Gasteiger partial charge in [0.05, 0.1) is 0 Å². The molecule has 1 saturated heterocycles. The lowest BCUT2D eigenvalue weighted by Crippen LogP contribution is -2.37. The Balaban J connectivity index is 1.50. The number of amides is 1. The minimum atomic E-state index is 0.101. The first-order chi connectivity index (χ1) is 14.1. The highest BCUT2D eigenvalue weighted by atomic mass is 16.2. The Morgan fingerprint density at radius 1 is 1.07 bits per heavy atom. The fourth-order valence-electron chi connectivity index (χ4n) is 3.54. The van der Waals surface area contributed by atoms with Gasteiger partial charge in [-0.2, -0.15) is 0 Å². The molecule has 4 rings (SSSR count). The number of hydrogen-bond acceptors (Lipinski definition) is 4. The summed E-state index contributed by atoms with van der Waals surface area (Å²) < 4.78 is 0. The van der Waals surface area contributed by atoms with Crippen LogP contribution in [0.15, 0.2) is 60.8 Å². The molecule has 0 aliphatic carbocycles. The maximum atomic E-state index is 12.9. The van der Waals surface area contributed by atoms with Gasteiger partial charge >= 0.3 is 0 Å². The normalized spacial score (nSPS) is 14.6. The second-order valence-corrected chi connectivity index (χ2v) is 7.81. The number of nitrogens with one attached hydrogen (secondary N) is 1. The van der Waals surface area contributed by atoms with Crippen molar-refractivity contribution in [3.05, 3.63) is 71.9 Å². The first-order valence-corrected chi connectivity index (χ1v) is 10.1. The molecule has 5 heteroatoms. The number of anilines is 2. The van der Waals surface area contributed by atoms with E-state index in [2.05, 4.69) is 41.3 Å². The maximum absolute atomic E-state index is 12.9. The van der Waals surface area contributed by atoms with Crippen LogP contribution in [-0.4, -0.2) is 33.9 Å². The van der Waals surface area contributed by atoms with E-state index in [-0.39, 0.29) is 5.91 Å². The third-order valence-corrected chi connectivity index (χ3v) is 5.42. The van der Waals surface area contributed by atoms with Gasteiger partial charge in [-0.25, -0.2) is 9.97 Å². The number of carbonyl (C=O) groups excluding carboxylic acids is 1. The van der Waals surface area contributed by atoms with Crippen molar-refractivity contribution in [3.8, 4) is 11.4 Å². The lowest BCUT2D eigenvalue weighted by molar-refractivity contribution is 0.0697. The van der Waals surface area contributed by atoms with E-state index in [1.807, 2.05) is 47.4 Å². The summed E-state index contributed by atoms with van der Waals surface area (Å²) in [5.74, 6) is 2.17. The van der Waals surface area contributed by atoms with E-state index in [1.165, 1.54) is 5.56 Å². The van der Waals surface area contributed by atoms with E-state index in [0.717, 1.165) is 37.2 Å². The lowest BCUT2D eigenvalue weighted by Gasteiger charge is -2.30. The Morgan fingerprint density at radius 2 is 1.83 bits per heavy atom. The number of rotatable bonds is 4. The molecule has 0 spiro atoms. The fourth-order valence-corrected chi connectivity index (χ4v) is 3.54. The van der Waals surface area contributed by atoms with E-state index in [1.54, 1.807) is 6.20 Å². The summed E-state index contributed by atoms with van der Waals surface area (Å²) in [5.41, 5.74) is 3.72. The van der Waals surface area contributed by atoms with Crippen LogP contribution < -0.4 is 5.32 Å². The highest BCUT2D eigenvalue weighted by Crippen LogP contribution is 2.22. The highest BCUT2D eigenvalue weighted by molar-refractivity contribution is 5.95. The topological polar surface area (TPSA) is 58.1 Å². The first-order valence-electron chi connectivity index (χ1n) is 10.1. The van der Waals surface area contributed by atoms with Crippen molar-refractivity contribution in [2.24, 2.45) is 5.92 Å². The van der Waals surface area contributed by atoms with Crippen molar-refractivity contribution in [1.29, 1.82) is 0 Å². The second kappa shape index (κ2) is 8.43. The van der Waals surface area contributed by atoms with Gasteiger partial charge in [-0.05, 0) is 49.9 Å². The number of likely N-dealkylation sites (tertiary alicyclic amines) is 1. The van der Waals surface area contributed by atoms with Crippen LogP contribution in [0, 0.1) is 12.8 Å². The van der Waals surface area contributed by atoms with Crippen LogP contribution in [0.4, 0.5) is 11.5 Å². The number of nitrogens with zero attached hydrogens (tertiary/aromatic N) is 3. The standard InChI is InChI=1S/C24H26N4O/c1-17-6-8-19(9-7-17)23-25-13-10-22(27-23)26-21-5-3-4-20(16-21)24(29)28-14-11-18(2)12-15-28/h3-10,13,16,18H,11-12,14-15H2,1-2H3,(H,25,26,27). The van der Waals surface area contributed by atoms with Gasteiger partial charge in [0, 0.05) is 36.1 Å². The summed E-state index contributed by atoms with van der Waals surface area (Å²) in [6.45, 7) is 5.98.